The van der Waals surface area contributed by atoms with Crippen LogP contribution in [0.1, 0.15) is 23.2 Å². The number of piperidine rings is 1. The first-order valence-corrected chi connectivity index (χ1v) is 9.19. The topological polar surface area (TPSA) is 64.0 Å². The van der Waals surface area contributed by atoms with E-state index in [1.54, 1.807) is 4.90 Å². The van der Waals surface area contributed by atoms with Crippen LogP contribution in [0.4, 0.5) is 8.78 Å². The van der Waals surface area contributed by atoms with E-state index in [1.165, 1.54) is 0 Å². The highest BCUT2D eigenvalue weighted by molar-refractivity contribution is 5.94. The van der Waals surface area contributed by atoms with Gasteiger partial charge in [0.15, 0.2) is 0 Å². The number of rotatable bonds is 5. The smallest absolute Gasteiger partial charge is 0.254 e. The van der Waals surface area contributed by atoms with Gasteiger partial charge in [-0.25, -0.2) is 8.78 Å². The highest BCUT2D eigenvalue weighted by Crippen LogP contribution is 2.27. The van der Waals surface area contributed by atoms with Gasteiger partial charge in [0.05, 0.1) is 0 Å². The van der Waals surface area contributed by atoms with Crippen molar-refractivity contribution in [2.24, 2.45) is 17.8 Å². The molecule has 0 saturated carbocycles. The SMILES string of the molecule is O=C(c1cc(F)cc(F)c1)N1C[C@@H](CO)[C@@H](CN2CCC(CO)CC2)C1. The minimum Gasteiger partial charge on any atom is -0.396 e. The second-order valence-electron chi connectivity index (χ2n) is 7.50. The Morgan fingerprint density at radius 2 is 1.62 bits per heavy atom. The first kappa shape index (κ1) is 19.2. The molecule has 2 heterocycles. The molecule has 7 heteroatoms. The van der Waals surface area contributed by atoms with Gasteiger partial charge in [-0.15, -0.1) is 0 Å². The molecule has 2 fully saturated rings. The molecule has 2 N–H and O–H groups in total. The molecule has 0 unspecified atom stereocenters. The number of carbonyl (C=O) groups excluding carboxylic acids is 1. The summed E-state index contributed by atoms with van der Waals surface area (Å²) in [5.41, 5.74) is 0.00333. The Hall–Kier alpha value is -1.57. The Morgan fingerprint density at radius 1 is 1.00 bits per heavy atom. The molecule has 0 spiro atoms. The largest absolute Gasteiger partial charge is 0.396 e. The highest BCUT2D eigenvalue weighted by atomic mass is 19.1. The minimum absolute atomic E-state index is 0.00333. The number of likely N-dealkylation sites (tertiary alicyclic amines) is 2. The van der Waals surface area contributed by atoms with E-state index in [2.05, 4.69) is 4.90 Å². The van der Waals surface area contributed by atoms with Crippen LogP contribution in [-0.2, 0) is 0 Å². The second kappa shape index (κ2) is 8.41. The molecule has 0 aliphatic carbocycles. The number of aliphatic hydroxyl groups excluding tert-OH is 2. The average molecular weight is 368 g/mol. The number of hydrogen-bond donors (Lipinski definition) is 2. The van der Waals surface area contributed by atoms with E-state index in [9.17, 15) is 23.8 Å². The molecule has 2 aliphatic rings. The molecule has 26 heavy (non-hydrogen) atoms. The van der Waals surface area contributed by atoms with E-state index in [-0.39, 0.29) is 30.6 Å². The Morgan fingerprint density at radius 3 is 2.19 bits per heavy atom. The summed E-state index contributed by atoms with van der Waals surface area (Å²) >= 11 is 0. The van der Waals surface area contributed by atoms with Gasteiger partial charge in [0, 0.05) is 50.4 Å². The zero-order valence-electron chi connectivity index (χ0n) is 14.8. The Balaban J connectivity index is 1.62. The quantitative estimate of drug-likeness (QED) is 0.824. The van der Waals surface area contributed by atoms with Crippen LogP contribution < -0.4 is 0 Å². The lowest BCUT2D eigenvalue weighted by Crippen LogP contribution is -2.40. The van der Waals surface area contributed by atoms with Gasteiger partial charge in [-0.3, -0.25) is 4.79 Å². The molecule has 2 aliphatic heterocycles. The fourth-order valence-corrected chi connectivity index (χ4v) is 4.06. The number of hydrogen-bond acceptors (Lipinski definition) is 4. The van der Waals surface area contributed by atoms with Crippen LogP contribution in [0.25, 0.3) is 0 Å². The molecule has 144 valence electrons. The van der Waals surface area contributed by atoms with Gasteiger partial charge in [0.2, 0.25) is 0 Å². The van der Waals surface area contributed by atoms with Gasteiger partial charge < -0.3 is 20.0 Å². The summed E-state index contributed by atoms with van der Waals surface area (Å²) in [5, 5.41) is 18.9. The van der Waals surface area contributed by atoms with Crippen molar-refractivity contribution in [3.63, 3.8) is 0 Å². The fraction of sp³-hybridized carbons (Fsp3) is 0.632. The molecule has 1 aromatic rings. The zero-order valence-corrected chi connectivity index (χ0v) is 14.8. The number of amides is 1. The van der Waals surface area contributed by atoms with Gasteiger partial charge >= 0.3 is 0 Å². The Kier molecular flexibility index (Phi) is 6.21. The molecule has 0 radical (unpaired) electrons. The molecular formula is C19H26F2N2O3. The van der Waals surface area contributed by atoms with Crippen LogP contribution in [0.2, 0.25) is 0 Å². The van der Waals surface area contributed by atoms with E-state index in [0.29, 0.717) is 19.0 Å². The predicted octanol–water partition coefficient (Wildman–Crippen LogP) is 1.35. The van der Waals surface area contributed by atoms with E-state index < -0.39 is 17.5 Å². The predicted molar refractivity (Wildman–Crippen MR) is 92.6 cm³/mol. The fourth-order valence-electron chi connectivity index (χ4n) is 4.06. The van der Waals surface area contributed by atoms with Gasteiger partial charge in [-0.2, -0.15) is 0 Å². The van der Waals surface area contributed by atoms with Crippen molar-refractivity contribution in [1.29, 1.82) is 0 Å². The summed E-state index contributed by atoms with van der Waals surface area (Å²) in [6.07, 6.45) is 1.91. The normalized spacial score (nSPS) is 25.0. The van der Waals surface area contributed by atoms with Crippen LogP contribution in [-0.4, -0.2) is 71.9 Å². The van der Waals surface area contributed by atoms with Gasteiger partial charge in [0.25, 0.3) is 5.91 Å². The maximum atomic E-state index is 13.4. The average Bonchev–Trinajstić information content (AvgIpc) is 3.03. The van der Waals surface area contributed by atoms with Crippen molar-refractivity contribution in [2.75, 3.05) is 45.9 Å². The van der Waals surface area contributed by atoms with Crippen molar-refractivity contribution in [1.82, 2.24) is 9.80 Å². The summed E-state index contributed by atoms with van der Waals surface area (Å²) < 4.78 is 26.8. The zero-order chi connectivity index (χ0) is 18.7. The van der Waals surface area contributed by atoms with E-state index in [4.69, 9.17) is 0 Å². The molecular weight excluding hydrogens is 342 g/mol. The van der Waals surface area contributed by atoms with Crippen molar-refractivity contribution in [2.45, 2.75) is 12.8 Å². The maximum absolute atomic E-state index is 13.4. The Bertz CT molecular complexity index is 615. The lowest BCUT2D eigenvalue weighted by molar-refractivity contribution is 0.0775. The molecule has 0 aromatic heterocycles. The number of carbonyl (C=O) groups is 1. The number of aliphatic hydroxyl groups is 2. The third-order valence-corrected chi connectivity index (χ3v) is 5.67. The third kappa shape index (κ3) is 4.39. The van der Waals surface area contributed by atoms with Crippen molar-refractivity contribution in [3.8, 4) is 0 Å². The molecule has 2 saturated heterocycles. The summed E-state index contributed by atoms with van der Waals surface area (Å²) in [6.45, 7) is 3.67. The lowest BCUT2D eigenvalue weighted by Gasteiger charge is -2.33. The van der Waals surface area contributed by atoms with Crippen molar-refractivity contribution in [3.05, 3.63) is 35.4 Å². The number of benzene rings is 1. The summed E-state index contributed by atoms with van der Waals surface area (Å²) in [5.74, 6) is -1.47. The van der Waals surface area contributed by atoms with Crippen LogP contribution in [0.5, 0.6) is 0 Å². The molecule has 5 nitrogen and oxygen atoms in total. The lowest BCUT2D eigenvalue weighted by atomic mass is 9.93. The third-order valence-electron chi connectivity index (χ3n) is 5.67. The van der Waals surface area contributed by atoms with Crippen LogP contribution >= 0.6 is 0 Å². The molecule has 1 aromatic carbocycles. The van der Waals surface area contributed by atoms with E-state index in [0.717, 1.165) is 50.7 Å². The monoisotopic (exact) mass is 368 g/mol. The summed E-state index contributed by atoms with van der Waals surface area (Å²) in [4.78, 5) is 16.5. The standard InChI is InChI=1S/C19H26F2N2O3/c20-17-5-14(6-18(21)7-17)19(26)23-9-15(16(10-23)12-25)8-22-3-1-13(11-24)2-4-22/h5-7,13,15-16,24-25H,1-4,8-12H2/t15-,16-/m0/s1. The summed E-state index contributed by atoms with van der Waals surface area (Å²) in [7, 11) is 0. The Labute approximate surface area is 152 Å². The van der Waals surface area contributed by atoms with Crippen LogP contribution in [0.15, 0.2) is 18.2 Å². The maximum Gasteiger partial charge on any atom is 0.254 e. The molecule has 0 bridgehead atoms. The van der Waals surface area contributed by atoms with Crippen LogP contribution in [0.3, 0.4) is 0 Å². The summed E-state index contributed by atoms with van der Waals surface area (Å²) in [6, 6.07) is 2.84. The minimum atomic E-state index is -0.769. The van der Waals surface area contributed by atoms with Crippen molar-refractivity contribution >= 4 is 5.91 Å². The van der Waals surface area contributed by atoms with Gasteiger partial charge in [-0.1, -0.05) is 0 Å². The first-order chi connectivity index (χ1) is 12.5. The van der Waals surface area contributed by atoms with Gasteiger partial charge in [0.1, 0.15) is 11.6 Å². The van der Waals surface area contributed by atoms with E-state index >= 15 is 0 Å². The molecule has 1 amide bonds. The first-order valence-electron chi connectivity index (χ1n) is 9.19. The van der Waals surface area contributed by atoms with Crippen molar-refractivity contribution < 1.29 is 23.8 Å². The molecule has 2 atom stereocenters. The number of halogens is 2. The highest BCUT2D eigenvalue weighted by Gasteiger charge is 2.36. The van der Waals surface area contributed by atoms with Gasteiger partial charge in [-0.05, 0) is 49.9 Å². The second-order valence-corrected chi connectivity index (χ2v) is 7.50. The van der Waals surface area contributed by atoms with E-state index in [1.807, 2.05) is 0 Å². The van der Waals surface area contributed by atoms with Crippen LogP contribution in [0, 0.1) is 29.4 Å². The number of nitrogens with zero attached hydrogens (tertiary/aromatic N) is 2. The molecule has 3 rings (SSSR count).